The normalized spacial score (nSPS) is 10.3. The number of benzene rings is 1. The van der Waals surface area contributed by atoms with E-state index in [1.54, 1.807) is 20.0 Å². The molecule has 0 radical (unpaired) electrons. The summed E-state index contributed by atoms with van der Waals surface area (Å²) in [4.78, 5) is 28.4. The molecule has 20 heavy (non-hydrogen) atoms. The molecule has 1 N–H and O–H groups in total. The molecule has 2 rings (SSSR count). The Labute approximate surface area is 114 Å². The van der Waals surface area contributed by atoms with Crippen LogP contribution >= 0.6 is 0 Å². The van der Waals surface area contributed by atoms with Crippen LogP contribution in [0.2, 0.25) is 0 Å². The lowest BCUT2D eigenvalue weighted by Crippen LogP contribution is -2.26. The number of aryl methyl sites for hydroxylation is 1. The fourth-order valence-electron chi connectivity index (χ4n) is 1.68. The molecule has 0 saturated carbocycles. The number of hydrogen-bond acceptors (Lipinski definition) is 5. The number of carbonyl (C=O) groups excluding carboxylic acids is 1. The summed E-state index contributed by atoms with van der Waals surface area (Å²) in [5.41, 5.74) is 0.363. The molecular weight excluding hydrogens is 262 g/mol. The maximum absolute atomic E-state index is 12.2. The third-order valence-electron chi connectivity index (χ3n) is 2.65. The van der Waals surface area contributed by atoms with Crippen molar-refractivity contribution in [1.82, 2.24) is 15.0 Å². The highest BCUT2D eigenvalue weighted by Gasteiger charge is 2.16. The highest BCUT2D eigenvalue weighted by atomic mass is 16.5. The Morgan fingerprint density at radius 2 is 2.05 bits per heavy atom. The van der Waals surface area contributed by atoms with Gasteiger partial charge in [-0.05, 0) is 25.1 Å². The van der Waals surface area contributed by atoms with E-state index in [0.29, 0.717) is 17.3 Å². The van der Waals surface area contributed by atoms with Crippen molar-refractivity contribution < 1.29 is 19.2 Å². The molecule has 0 bridgehead atoms. The van der Waals surface area contributed by atoms with Gasteiger partial charge in [-0.15, -0.1) is 0 Å². The first-order chi connectivity index (χ1) is 9.47. The highest BCUT2D eigenvalue weighted by Crippen LogP contribution is 2.10. The standard InChI is InChI=1S/C13H13N3O4/c1-8-14-11(20-15-8)7-16(2)12(17)9-4-3-5-10(6-9)13(18)19/h3-6H,7H2,1-2H3,(H,18,19). The van der Waals surface area contributed by atoms with Crippen molar-refractivity contribution >= 4 is 11.9 Å². The van der Waals surface area contributed by atoms with E-state index in [1.165, 1.54) is 23.1 Å². The molecule has 0 spiro atoms. The Morgan fingerprint density at radius 1 is 1.35 bits per heavy atom. The molecular formula is C13H13N3O4. The van der Waals surface area contributed by atoms with Gasteiger partial charge in [0.2, 0.25) is 5.89 Å². The minimum Gasteiger partial charge on any atom is -0.478 e. The van der Waals surface area contributed by atoms with Crippen LogP contribution < -0.4 is 0 Å². The van der Waals surface area contributed by atoms with Gasteiger partial charge in [0.25, 0.3) is 5.91 Å². The van der Waals surface area contributed by atoms with E-state index in [9.17, 15) is 9.59 Å². The molecule has 0 fully saturated rings. The van der Waals surface area contributed by atoms with Crippen molar-refractivity contribution in [3.63, 3.8) is 0 Å². The molecule has 1 aromatic heterocycles. The lowest BCUT2D eigenvalue weighted by molar-refractivity contribution is 0.0697. The zero-order valence-electron chi connectivity index (χ0n) is 11.0. The van der Waals surface area contributed by atoms with Gasteiger partial charge in [-0.3, -0.25) is 4.79 Å². The lowest BCUT2D eigenvalue weighted by Gasteiger charge is -2.14. The summed E-state index contributed by atoms with van der Waals surface area (Å²) in [7, 11) is 1.58. The van der Waals surface area contributed by atoms with Gasteiger partial charge < -0.3 is 14.5 Å². The van der Waals surface area contributed by atoms with Crippen molar-refractivity contribution in [2.24, 2.45) is 0 Å². The summed E-state index contributed by atoms with van der Waals surface area (Å²) in [5.74, 6) is -0.569. The van der Waals surface area contributed by atoms with E-state index in [2.05, 4.69) is 10.1 Å². The maximum atomic E-state index is 12.2. The monoisotopic (exact) mass is 275 g/mol. The highest BCUT2D eigenvalue weighted by molar-refractivity contribution is 5.97. The molecule has 1 aromatic carbocycles. The van der Waals surface area contributed by atoms with Gasteiger partial charge in [-0.25, -0.2) is 4.79 Å². The van der Waals surface area contributed by atoms with Gasteiger partial charge in [0, 0.05) is 12.6 Å². The SMILES string of the molecule is Cc1noc(CN(C)C(=O)c2cccc(C(=O)O)c2)n1. The number of aromatic carboxylic acids is 1. The van der Waals surface area contributed by atoms with E-state index < -0.39 is 5.97 Å². The molecule has 0 aliphatic heterocycles. The van der Waals surface area contributed by atoms with Crippen molar-refractivity contribution in [3.8, 4) is 0 Å². The Morgan fingerprint density at radius 3 is 2.65 bits per heavy atom. The lowest BCUT2D eigenvalue weighted by atomic mass is 10.1. The summed E-state index contributed by atoms with van der Waals surface area (Å²) in [6.07, 6.45) is 0. The predicted octanol–water partition coefficient (Wildman–Crippen LogP) is 1.35. The number of carboxylic acids is 1. The zero-order valence-corrected chi connectivity index (χ0v) is 11.0. The topological polar surface area (TPSA) is 96.5 Å². The second-order valence-electron chi connectivity index (χ2n) is 4.28. The third-order valence-corrected chi connectivity index (χ3v) is 2.65. The number of hydrogen-bond donors (Lipinski definition) is 1. The van der Waals surface area contributed by atoms with E-state index in [0.717, 1.165) is 0 Å². The van der Waals surface area contributed by atoms with Crippen molar-refractivity contribution in [2.75, 3.05) is 7.05 Å². The number of aromatic nitrogens is 2. The number of carboxylic acid groups (broad SMARTS) is 1. The summed E-state index contributed by atoms with van der Waals surface area (Å²) in [5, 5.41) is 12.5. The van der Waals surface area contributed by atoms with Crippen LogP contribution in [0.25, 0.3) is 0 Å². The van der Waals surface area contributed by atoms with Gasteiger partial charge in [-0.2, -0.15) is 4.98 Å². The van der Waals surface area contributed by atoms with Crippen LogP contribution in [0, 0.1) is 6.92 Å². The van der Waals surface area contributed by atoms with Gasteiger partial charge in [-0.1, -0.05) is 11.2 Å². The number of amides is 1. The average molecular weight is 275 g/mol. The van der Waals surface area contributed by atoms with E-state index in [4.69, 9.17) is 9.63 Å². The van der Waals surface area contributed by atoms with Crippen LogP contribution in [0.4, 0.5) is 0 Å². The maximum Gasteiger partial charge on any atom is 0.335 e. The van der Waals surface area contributed by atoms with Crippen LogP contribution in [0.15, 0.2) is 28.8 Å². The van der Waals surface area contributed by atoms with Crippen LogP contribution in [-0.2, 0) is 6.54 Å². The summed E-state index contributed by atoms with van der Waals surface area (Å²) >= 11 is 0. The second-order valence-corrected chi connectivity index (χ2v) is 4.28. The molecule has 0 unspecified atom stereocenters. The third kappa shape index (κ3) is 3.00. The molecule has 7 heteroatoms. The fourth-order valence-corrected chi connectivity index (χ4v) is 1.68. The molecule has 0 saturated heterocycles. The quantitative estimate of drug-likeness (QED) is 0.904. The summed E-state index contributed by atoms with van der Waals surface area (Å²) in [6, 6.07) is 5.85. The average Bonchev–Trinajstić information content (AvgIpc) is 2.83. The summed E-state index contributed by atoms with van der Waals surface area (Å²) < 4.78 is 4.93. The first-order valence-electron chi connectivity index (χ1n) is 5.85. The Bertz CT molecular complexity index is 651. The molecule has 7 nitrogen and oxygen atoms in total. The van der Waals surface area contributed by atoms with Gasteiger partial charge >= 0.3 is 5.97 Å². The van der Waals surface area contributed by atoms with Crippen LogP contribution in [0.5, 0.6) is 0 Å². The van der Waals surface area contributed by atoms with E-state index >= 15 is 0 Å². The Balaban J connectivity index is 2.14. The van der Waals surface area contributed by atoms with Crippen molar-refractivity contribution in [1.29, 1.82) is 0 Å². The summed E-state index contributed by atoms with van der Waals surface area (Å²) in [6.45, 7) is 1.85. The second kappa shape index (κ2) is 5.52. The fraction of sp³-hybridized carbons (Fsp3) is 0.231. The molecule has 1 amide bonds. The molecule has 104 valence electrons. The minimum atomic E-state index is -1.07. The first-order valence-corrected chi connectivity index (χ1v) is 5.85. The number of rotatable bonds is 4. The van der Waals surface area contributed by atoms with Crippen molar-refractivity contribution in [2.45, 2.75) is 13.5 Å². The molecule has 0 aliphatic rings. The first kappa shape index (κ1) is 13.7. The largest absolute Gasteiger partial charge is 0.478 e. The smallest absolute Gasteiger partial charge is 0.335 e. The van der Waals surface area contributed by atoms with Crippen LogP contribution in [-0.4, -0.2) is 39.1 Å². The minimum absolute atomic E-state index is 0.0675. The van der Waals surface area contributed by atoms with Gasteiger partial charge in [0.1, 0.15) is 0 Å². The van der Waals surface area contributed by atoms with Gasteiger partial charge in [0.05, 0.1) is 12.1 Å². The predicted molar refractivity (Wildman–Crippen MR) is 68.2 cm³/mol. The molecule has 0 atom stereocenters. The Hall–Kier alpha value is -2.70. The van der Waals surface area contributed by atoms with E-state index in [1.807, 2.05) is 0 Å². The van der Waals surface area contributed by atoms with E-state index in [-0.39, 0.29) is 18.0 Å². The zero-order chi connectivity index (χ0) is 14.7. The molecule has 0 aliphatic carbocycles. The number of carbonyl (C=O) groups is 2. The van der Waals surface area contributed by atoms with Gasteiger partial charge in [0.15, 0.2) is 5.82 Å². The van der Waals surface area contributed by atoms with Crippen LogP contribution in [0.1, 0.15) is 32.4 Å². The van der Waals surface area contributed by atoms with Crippen LogP contribution in [0.3, 0.4) is 0 Å². The molecule has 1 heterocycles. The Kier molecular flexibility index (Phi) is 3.79. The molecule has 2 aromatic rings. The number of nitrogens with zero attached hydrogens (tertiary/aromatic N) is 3. The van der Waals surface area contributed by atoms with Crippen molar-refractivity contribution in [3.05, 3.63) is 47.1 Å².